The zero-order valence-electron chi connectivity index (χ0n) is 19.5. The molecular formula is C24H21ClN4O5S3. The van der Waals surface area contributed by atoms with Gasteiger partial charge in [0.2, 0.25) is 0 Å². The number of sulfonamides is 1. The molecule has 0 fully saturated rings. The fourth-order valence-electron chi connectivity index (χ4n) is 4.23. The van der Waals surface area contributed by atoms with Crippen LogP contribution in [0.5, 0.6) is 0 Å². The van der Waals surface area contributed by atoms with Gasteiger partial charge in [0.05, 0.1) is 35.1 Å². The molecule has 13 heteroatoms. The molecule has 2 heterocycles. The van der Waals surface area contributed by atoms with Crippen LogP contribution in [0, 0.1) is 0 Å². The van der Waals surface area contributed by atoms with Crippen LogP contribution in [0.2, 0.25) is 5.02 Å². The molecule has 9 nitrogen and oxygen atoms in total. The van der Waals surface area contributed by atoms with E-state index in [9.17, 15) is 18.0 Å². The summed E-state index contributed by atoms with van der Waals surface area (Å²) in [4.78, 5) is 27.2. The van der Waals surface area contributed by atoms with Gasteiger partial charge in [-0.3, -0.25) is 9.52 Å². The second-order valence-corrected chi connectivity index (χ2v) is 12.0. The number of benzene rings is 2. The van der Waals surface area contributed by atoms with Crippen LogP contribution in [-0.2, 0) is 27.6 Å². The molecule has 1 aliphatic carbocycles. The Balaban J connectivity index is 1.50. The van der Waals surface area contributed by atoms with Crippen molar-refractivity contribution in [3.63, 3.8) is 0 Å². The van der Waals surface area contributed by atoms with Crippen LogP contribution in [0.4, 0.5) is 10.7 Å². The van der Waals surface area contributed by atoms with Crippen LogP contribution in [-0.4, -0.2) is 35.6 Å². The van der Waals surface area contributed by atoms with E-state index in [0.29, 0.717) is 16.1 Å². The van der Waals surface area contributed by atoms with Gasteiger partial charge in [-0.25, -0.2) is 13.2 Å². The second kappa shape index (κ2) is 10.4. The molecule has 2 aromatic carbocycles. The number of halogens is 1. The van der Waals surface area contributed by atoms with Gasteiger partial charge in [-0.1, -0.05) is 17.7 Å². The Labute approximate surface area is 226 Å². The Morgan fingerprint density at radius 1 is 1.14 bits per heavy atom. The number of esters is 1. The van der Waals surface area contributed by atoms with Crippen molar-refractivity contribution in [2.75, 3.05) is 16.6 Å². The van der Waals surface area contributed by atoms with Crippen molar-refractivity contribution < 1.29 is 22.7 Å². The number of aryl methyl sites for hydroxylation is 1. The first-order valence-electron chi connectivity index (χ1n) is 11.4. The number of nitrogens with zero attached hydrogens (tertiary/aromatic N) is 2. The van der Waals surface area contributed by atoms with E-state index in [4.69, 9.17) is 16.3 Å². The summed E-state index contributed by atoms with van der Waals surface area (Å²) in [6.45, 7) is 1.93. The molecule has 1 amide bonds. The molecule has 0 bridgehead atoms. The highest BCUT2D eigenvalue weighted by Gasteiger charge is 2.29. The molecule has 4 aromatic rings. The number of anilines is 2. The number of carbonyl (C=O) groups is 2. The maximum absolute atomic E-state index is 13.5. The van der Waals surface area contributed by atoms with Crippen molar-refractivity contribution in [1.82, 2.24) is 8.75 Å². The Morgan fingerprint density at radius 2 is 1.95 bits per heavy atom. The fourth-order valence-corrected chi connectivity index (χ4v) is 7.53. The van der Waals surface area contributed by atoms with E-state index >= 15 is 0 Å². The lowest BCUT2D eigenvalue weighted by Crippen LogP contribution is -2.20. The van der Waals surface area contributed by atoms with Crippen LogP contribution in [0.25, 0.3) is 11.0 Å². The average molecular weight is 577 g/mol. The summed E-state index contributed by atoms with van der Waals surface area (Å²) >= 11 is 8.43. The minimum Gasteiger partial charge on any atom is -0.462 e. The minimum absolute atomic E-state index is 0.000772. The molecule has 2 aromatic heterocycles. The Kier molecular flexibility index (Phi) is 7.17. The third-order valence-electron chi connectivity index (χ3n) is 5.89. The van der Waals surface area contributed by atoms with E-state index in [2.05, 4.69) is 18.8 Å². The molecule has 0 unspecified atom stereocenters. The maximum Gasteiger partial charge on any atom is 0.341 e. The van der Waals surface area contributed by atoms with E-state index in [1.54, 1.807) is 19.1 Å². The number of fused-ring (bicyclic) bond motifs is 2. The van der Waals surface area contributed by atoms with Gasteiger partial charge in [0.15, 0.2) is 0 Å². The Morgan fingerprint density at radius 3 is 2.76 bits per heavy atom. The third kappa shape index (κ3) is 5.06. The summed E-state index contributed by atoms with van der Waals surface area (Å²) in [5.41, 5.74) is 1.99. The third-order valence-corrected chi connectivity index (χ3v) is 9.27. The van der Waals surface area contributed by atoms with Gasteiger partial charge in [-0.15, -0.1) is 11.3 Å². The lowest BCUT2D eigenvalue weighted by Gasteiger charge is -2.14. The van der Waals surface area contributed by atoms with Crippen LogP contribution >= 0.6 is 34.7 Å². The van der Waals surface area contributed by atoms with Gasteiger partial charge in [0.25, 0.3) is 15.9 Å². The van der Waals surface area contributed by atoms with Crippen molar-refractivity contribution in [1.29, 1.82) is 0 Å². The van der Waals surface area contributed by atoms with Crippen molar-refractivity contribution in [3.8, 4) is 0 Å². The number of aromatic nitrogens is 2. The van der Waals surface area contributed by atoms with Crippen molar-refractivity contribution >= 4 is 78.3 Å². The van der Waals surface area contributed by atoms with Crippen LogP contribution < -0.4 is 10.0 Å². The SMILES string of the molecule is CCOC(=O)c1c(NC(=O)c2cc(Cl)ccc2NS(=O)(=O)c2cccc3nsnc23)sc2c1CCCC2. The van der Waals surface area contributed by atoms with Gasteiger partial charge < -0.3 is 10.1 Å². The number of amides is 1. The summed E-state index contributed by atoms with van der Waals surface area (Å²) in [7, 11) is -4.12. The normalized spacial score (nSPS) is 13.2. The van der Waals surface area contributed by atoms with Crippen molar-refractivity contribution in [2.24, 2.45) is 0 Å². The van der Waals surface area contributed by atoms with Gasteiger partial charge in [0.1, 0.15) is 20.9 Å². The molecule has 1 aliphatic rings. The monoisotopic (exact) mass is 576 g/mol. The van der Waals surface area contributed by atoms with Gasteiger partial charge in [-0.05, 0) is 68.5 Å². The lowest BCUT2D eigenvalue weighted by molar-refractivity contribution is 0.0526. The van der Waals surface area contributed by atoms with Crippen molar-refractivity contribution in [3.05, 3.63) is 63.0 Å². The lowest BCUT2D eigenvalue weighted by atomic mass is 9.95. The molecule has 192 valence electrons. The van der Waals surface area contributed by atoms with E-state index in [1.165, 1.54) is 35.6 Å². The largest absolute Gasteiger partial charge is 0.462 e. The zero-order valence-corrected chi connectivity index (χ0v) is 22.7. The fraction of sp³-hybridized carbons (Fsp3) is 0.250. The van der Waals surface area contributed by atoms with Gasteiger partial charge >= 0.3 is 5.97 Å². The predicted octanol–water partition coefficient (Wildman–Crippen LogP) is 5.51. The minimum atomic E-state index is -4.12. The van der Waals surface area contributed by atoms with Crippen molar-refractivity contribution in [2.45, 2.75) is 37.5 Å². The average Bonchev–Trinajstić information content (AvgIpc) is 3.49. The molecule has 0 aliphatic heterocycles. The van der Waals surface area contributed by atoms with Crippen LogP contribution in [0.3, 0.4) is 0 Å². The topological polar surface area (TPSA) is 127 Å². The summed E-state index contributed by atoms with van der Waals surface area (Å²) in [6, 6.07) is 8.93. The molecular weight excluding hydrogens is 556 g/mol. The molecule has 2 N–H and O–H groups in total. The molecule has 0 saturated heterocycles. The Hall–Kier alpha value is -3.06. The number of hydrogen-bond acceptors (Lipinski definition) is 9. The molecule has 5 rings (SSSR count). The molecule has 0 spiro atoms. The first-order valence-corrected chi connectivity index (χ1v) is 14.9. The number of thiophene rings is 1. The van der Waals surface area contributed by atoms with E-state index < -0.39 is 21.9 Å². The molecule has 37 heavy (non-hydrogen) atoms. The Bertz CT molecular complexity index is 1630. The number of carbonyl (C=O) groups excluding carboxylic acids is 2. The predicted molar refractivity (Wildman–Crippen MR) is 145 cm³/mol. The summed E-state index contributed by atoms with van der Waals surface area (Å²) in [6.07, 6.45) is 3.51. The highest BCUT2D eigenvalue weighted by molar-refractivity contribution is 7.93. The van der Waals surface area contributed by atoms with E-state index in [-0.39, 0.29) is 33.3 Å². The number of hydrogen-bond donors (Lipinski definition) is 2. The van der Waals surface area contributed by atoms with E-state index in [1.807, 2.05) is 0 Å². The number of ether oxygens (including phenoxy) is 1. The highest BCUT2D eigenvalue weighted by atomic mass is 35.5. The highest BCUT2D eigenvalue weighted by Crippen LogP contribution is 2.39. The smallest absolute Gasteiger partial charge is 0.341 e. The number of rotatable bonds is 7. The van der Waals surface area contributed by atoms with Gasteiger partial charge in [0, 0.05) is 9.90 Å². The second-order valence-electron chi connectivity index (χ2n) is 8.27. The molecule has 0 saturated carbocycles. The standard InChI is InChI=1S/C24H21ClN4O5S3/c1-2-34-24(31)20-14-6-3-4-8-18(14)35-23(20)26-22(30)15-12-13(25)10-11-16(15)29-37(32,33)19-9-5-7-17-21(19)28-36-27-17/h5,7,9-12,29H,2-4,6,8H2,1H3,(H,26,30). The first kappa shape index (κ1) is 25.6. The first-order chi connectivity index (χ1) is 17.8. The molecule has 0 atom stereocenters. The van der Waals surface area contributed by atoms with Crippen LogP contribution in [0.15, 0.2) is 41.3 Å². The van der Waals surface area contributed by atoms with Gasteiger partial charge in [-0.2, -0.15) is 8.75 Å². The maximum atomic E-state index is 13.5. The zero-order chi connectivity index (χ0) is 26.2. The van der Waals surface area contributed by atoms with E-state index in [0.717, 1.165) is 47.9 Å². The number of nitrogens with one attached hydrogen (secondary N) is 2. The summed E-state index contributed by atoms with van der Waals surface area (Å²) < 4.78 is 42.5. The summed E-state index contributed by atoms with van der Waals surface area (Å²) in [5, 5.41) is 3.43. The quantitative estimate of drug-likeness (QED) is 0.277. The van der Waals surface area contributed by atoms with Crippen LogP contribution in [0.1, 0.15) is 50.9 Å². The summed E-state index contributed by atoms with van der Waals surface area (Å²) in [5.74, 6) is -1.10. The molecule has 0 radical (unpaired) electrons.